The van der Waals surface area contributed by atoms with Gasteiger partial charge in [-0.3, -0.25) is 9.79 Å². The Labute approximate surface area is 181 Å². The molecule has 7 nitrogen and oxygen atoms in total. The van der Waals surface area contributed by atoms with Crippen LogP contribution in [0.25, 0.3) is 11.3 Å². The predicted molar refractivity (Wildman–Crippen MR) is 121 cm³/mol. The van der Waals surface area contributed by atoms with Crippen LogP contribution in [0.4, 0.5) is 0 Å². The molecule has 0 bridgehead atoms. The van der Waals surface area contributed by atoms with Gasteiger partial charge in [0.15, 0.2) is 5.96 Å². The molecule has 3 N–H and O–H groups in total. The number of imidazole rings is 1. The summed E-state index contributed by atoms with van der Waals surface area (Å²) in [6, 6.07) is 16.9. The van der Waals surface area contributed by atoms with Crippen LogP contribution in [0.15, 0.2) is 65.8 Å². The third-order valence-electron chi connectivity index (χ3n) is 4.47. The molecule has 0 aliphatic rings. The Bertz CT molecular complexity index is 984. The summed E-state index contributed by atoms with van der Waals surface area (Å²) in [5.41, 5.74) is 2.65. The van der Waals surface area contributed by atoms with Crippen molar-refractivity contribution < 1.29 is 4.79 Å². The molecule has 0 radical (unpaired) electrons. The number of rotatable bonds is 7. The van der Waals surface area contributed by atoms with Crippen LogP contribution in [0.3, 0.4) is 0 Å². The fourth-order valence-corrected chi connectivity index (χ4v) is 3.07. The molecule has 0 aliphatic carbocycles. The first-order valence-corrected chi connectivity index (χ1v) is 9.99. The van der Waals surface area contributed by atoms with E-state index < -0.39 is 0 Å². The lowest BCUT2D eigenvalue weighted by Gasteiger charge is -2.21. The molecule has 0 atom stereocenters. The van der Waals surface area contributed by atoms with E-state index in [0.29, 0.717) is 36.2 Å². The van der Waals surface area contributed by atoms with Gasteiger partial charge in [0.2, 0.25) is 0 Å². The zero-order chi connectivity index (χ0) is 21.3. The number of H-pyrrole nitrogens is 1. The van der Waals surface area contributed by atoms with Gasteiger partial charge in [-0.15, -0.1) is 0 Å². The molecule has 3 rings (SSSR count). The lowest BCUT2D eigenvalue weighted by atomic mass is 10.2. The summed E-state index contributed by atoms with van der Waals surface area (Å²) in [6.45, 7) is 1.58. The van der Waals surface area contributed by atoms with Crippen molar-refractivity contribution in [3.8, 4) is 11.3 Å². The normalized spacial score (nSPS) is 11.2. The first-order valence-electron chi connectivity index (χ1n) is 9.61. The summed E-state index contributed by atoms with van der Waals surface area (Å²) in [7, 11) is 3.66. The number of halogens is 1. The van der Waals surface area contributed by atoms with E-state index in [9.17, 15) is 4.79 Å². The molecule has 1 amide bonds. The van der Waals surface area contributed by atoms with Gasteiger partial charge in [0.05, 0.1) is 18.4 Å². The minimum atomic E-state index is -0.138. The van der Waals surface area contributed by atoms with Crippen LogP contribution in [0.5, 0.6) is 0 Å². The fraction of sp³-hybridized carbons (Fsp3) is 0.227. The van der Waals surface area contributed by atoms with Crippen molar-refractivity contribution in [2.45, 2.75) is 6.54 Å². The van der Waals surface area contributed by atoms with E-state index in [2.05, 4.69) is 25.6 Å². The molecule has 2 aromatic carbocycles. The molecule has 3 aromatic rings. The Morgan fingerprint density at radius 1 is 1.10 bits per heavy atom. The van der Waals surface area contributed by atoms with Crippen molar-refractivity contribution in [1.82, 2.24) is 25.5 Å². The van der Waals surface area contributed by atoms with Crippen LogP contribution in [-0.2, 0) is 6.54 Å². The molecule has 0 saturated heterocycles. The molecule has 0 fully saturated rings. The maximum absolute atomic E-state index is 12.1. The van der Waals surface area contributed by atoms with E-state index in [4.69, 9.17) is 11.6 Å². The largest absolute Gasteiger partial charge is 0.354 e. The molecule has 0 spiro atoms. The van der Waals surface area contributed by atoms with Crippen molar-refractivity contribution in [3.05, 3.63) is 77.2 Å². The van der Waals surface area contributed by atoms with E-state index in [1.807, 2.05) is 48.5 Å². The minimum absolute atomic E-state index is 0.138. The van der Waals surface area contributed by atoms with E-state index in [0.717, 1.165) is 17.1 Å². The number of aliphatic imine (C=N–C) groups is 1. The highest BCUT2D eigenvalue weighted by Gasteiger charge is 2.10. The number of amides is 1. The van der Waals surface area contributed by atoms with Crippen LogP contribution >= 0.6 is 11.6 Å². The SMILES string of the molecule is CN=C(NCCNC(=O)c1ccc(Cl)cc1)N(C)Cc1ncc(-c2ccccc2)[nH]1. The highest BCUT2D eigenvalue weighted by atomic mass is 35.5. The lowest BCUT2D eigenvalue weighted by Crippen LogP contribution is -2.42. The quantitative estimate of drug-likeness (QED) is 0.309. The zero-order valence-electron chi connectivity index (χ0n) is 17.0. The summed E-state index contributed by atoms with van der Waals surface area (Å²) in [5.74, 6) is 1.42. The van der Waals surface area contributed by atoms with Gasteiger partial charge >= 0.3 is 0 Å². The number of benzene rings is 2. The molecular weight excluding hydrogens is 400 g/mol. The van der Waals surface area contributed by atoms with Gasteiger partial charge in [-0.05, 0) is 29.8 Å². The first kappa shape index (κ1) is 21.4. The Morgan fingerprint density at radius 3 is 2.50 bits per heavy atom. The summed E-state index contributed by atoms with van der Waals surface area (Å²) < 4.78 is 0. The van der Waals surface area contributed by atoms with E-state index in [1.54, 1.807) is 31.3 Å². The Kier molecular flexibility index (Phi) is 7.45. The number of carbonyl (C=O) groups is 1. The second kappa shape index (κ2) is 10.5. The molecule has 8 heteroatoms. The Morgan fingerprint density at radius 2 is 1.80 bits per heavy atom. The Hall–Kier alpha value is -3.32. The van der Waals surface area contributed by atoms with Gasteiger partial charge in [-0.1, -0.05) is 41.9 Å². The van der Waals surface area contributed by atoms with Crippen molar-refractivity contribution in [3.63, 3.8) is 0 Å². The third kappa shape index (κ3) is 5.84. The maximum Gasteiger partial charge on any atom is 0.251 e. The van der Waals surface area contributed by atoms with Gasteiger partial charge in [-0.25, -0.2) is 4.98 Å². The monoisotopic (exact) mass is 424 g/mol. The summed E-state index contributed by atoms with van der Waals surface area (Å²) >= 11 is 5.85. The second-order valence-corrected chi connectivity index (χ2v) is 7.14. The van der Waals surface area contributed by atoms with Crippen LogP contribution in [-0.4, -0.2) is 53.9 Å². The van der Waals surface area contributed by atoms with E-state index >= 15 is 0 Å². The first-order chi connectivity index (χ1) is 14.6. The predicted octanol–water partition coefficient (Wildman–Crippen LogP) is 3.17. The van der Waals surface area contributed by atoms with E-state index in [1.165, 1.54) is 0 Å². The number of nitrogens with one attached hydrogen (secondary N) is 3. The van der Waals surface area contributed by atoms with Gasteiger partial charge in [0.25, 0.3) is 5.91 Å². The highest BCUT2D eigenvalue weighted by Crippen LogP contribution is 2.16. The minimum Gasteiger partial charge on any atom is -0.354 e. The summed E-state index contributed by atoms with van der Waals surface area (Å²) in [6.07, 6.45) is 1.83. The summed E-state index contributed by atoms with van der Waals surface area (Å²) in [5, 5.41) is 6.72. The fourth-order valence-electron chi connectivity index (χ4n) is 2.95. The number of aromatic amines is 1. The van der Waals surface area contributed by atoms with Gasteiger partial charge in [0, 0.05) is 37.8 Å². The molecule has 0 unspecified atom stereocenters. The van der Waals surface area contributed by atoms with Crippen molar-refractivity contribution in [2.24, 2.45) is 4.99 Å². The smallest absolute Gasteiger partial charge is 0.251 e. The summed E-state index contributed by atoms with van der Waals surface area (Å²) in [4.78, 5) is 26.2. The number of aromatic nitrogens is 2. The Balaban J connectivity index is 1.46. The molecule has 156 valence electrons. The average molecular weight is 425 g/mol. The molecule has 1 aromatic heterocycles. The average Bonchev–Trinajstić information content (AvgIpc) is 3.23. The van der Waals surface area contributed by atoms with E-state index in [-0.39, 0.29) is 5.91 Å². The number of guanidine groups is 1. The third-order valence-corrected chi connectivity index (χ3v) is 4.73. The zero-order valence-corrected chi connectivity index (χ0v) is 17.8. The van der Waals surface area contributed by atoms with Gasteiger partial charge < -0.3 is 20.5 Å². The lowest BCUT2D eigenvalue weighted by molar-refractivity contribution is 0.0954. The molecule has 1 heterocycles. The number of hydrogen-bond acceptors (Lipinski definition) is 3. The van der Waals surface area contributed by atoms with Crippen LogP contribution in [0.1, 0.15) is 16.2 Å². The molecule has 30 heavy (non-hydrogen) atoms. The highest BCUT2D eigenvalue weighted by molar-refractivity contribution is 6.30. The van der Waals surface area contributed by atoms with Crippen LogP contribution < -0.4 is 10.6 Å². The van der Waals surface area contributed by atoms with Gasteiger partial charge in [0.1, 0.15) is 5.82 Å². The van der Waals surface area contributed by atoms with Crippen molar-refractivity contribution in [1.29, 1.82) is 0 Å². The van der Waals surface area contributed by atoms with Crippen molar-refractivity contribution in [2.75, 3.05) is 27.2 Å². The van der Waals surface area contributed by atoms with Gasteiger partial charge in [-0.2, -0.15) is 0 Å². The molecular formula is C22H25ClN6O. The number of hydrogen-bond donors (Lipinski definition) is 3. The van der Waals surface area contributed by atoms with Crippen molar-refractivity contribution >= 4 is 23.5 Å². The topological polar surface area (TPSA) is 85.4 Å². The van der Waals surface area contributed by atoms with Crippen LogP contribution in [0, 0.1) is 0 Å². The molecule has 0 saturated carbocycles. The maximum atomic E-state index is 12.1. The standard InChI is InChI=1S/C22H25ClN6O/c1-24-22(26-13-12-25-21(30)17-8-10-18(23)11-9-17)29(2)15-20-27-14-19(28-20)16-6-4-3-5-7-16/h3-11,14H,12-13,15H2,1-2H3,(H,24,26)(H,25,30)(H,27,28). The second-order valence-electron chi connectivity index (χ2n) is 6.70. The number of nitrogens with zero attached hydrogens (tertiary/aromatic N) is 3. The molecule has 0 aliphatic heterocycles. The number of carbonyl (C=O) groups excluding carboxylic acids is 1. The van der Waals surface area contributed by atoms with Crippen LogP contribution in [0.2, 0.25) is 5.02 Å².